The number of nitrogens with one attached hydrogen (secondary N) is 1. The van der Waals surface area contributed by atoms with Gasteiger partial charge >= 0.3 is 0 Å². The van der Waals surface area contributed by atoms with Crippen LogP contribution in [0.15, 0.2) is 30.3 Å². The van der Waals surface area contributed by atoms with Gasteiger partial charge < -0.3 is 5.32 Å². The number of hydrogen-bond acceptors (Lipinski definition) is 1. The van der Waals surface area contributed by atoms with Crippen LogP contribution in [0.4, 0.5) is 0 Å². The van der Waals surface area contributed by atoms with Gasteiger partial charge in [-0.25, -0.2) is 0 Å². The van der Waals surface area contributed by atoms with Crippen molar-refractivity contribution in [3.8, 4) is 0 Å². The Morgan fingerprint density at radius 3 is 2.47 bits per heavy atom. The minimum atomic E-state index is 0.578. The van der Waals surface area contributed by atoms with Gasteiger partial charge in [0.1, 0.15) is 0 Å². The first-order valence-corrected chi connectivity index (χ1v) is 7.46. The molecule has 0 aromatic heterocycles. The number of benzene rings is 1. The molecule has 15 heavy (non-hydrogen) atoms. The molecule has 0 heterocycles. The van der Waals surface area contributed by atoms with Gasteiger partial charge in [0, 0.05) is 11.8 Å². The van der Waals surface area contributed by atoms with Crippen LogP contribution < -0.4 is 5.32 Å². The third kappa shape index (κ3) is 3.03. The summed E-state index contributed by atoms with van der Waals surface area (Å²) < 4.78 is 0. The molecule has 82 valence electrons. The molecule has 0 saturated heterocycles. The molecule has 0 spiro atoms. The minimum Gasteiger partial charge on any atom is -0.304 e. The van der Waals surface area contributed by atoms with Crippen LogP contribution in [0.5, 0.6) is 0 Å². The molecule has 1 aromatic carbocycles. The van der Waals surface area contributed by atoms with Crippen molar-refractivity contribution in [1.29, 1.82) is 0 Å². The van der Waals surface area contributed by atoms with Crippen molar-refractivity contribution in [2.75, 3.05) is 6.66 Å². The van der Waals surface area contributed by atoms with Gasteiger partial charge in [-0.1, -0.05) is 43.2 Å². The quantitative estimate of drug-likeness (QED) is 0.767. The molecule has 1 aliphatic rings. The average Bonchev–Trinajstić information content (AvgIpc) is 2.80. The highest BCUT2D eigenvalue weighted by atomic mass is 31.1. The molecule has 0 radical (unpaired) electrons. The second-order valence-corrected chi connectivity index (χ2v) is 5.44. The molecule has 1 fully saturated rings. The van der Waals surface area contributed by atoms with Crippen molar-refractivity contribution in [3.05, 3.63) is 35.9 Å². The van der Waals surface area contributed by atoms with Gasteiger partial charge in [0.25, 0.3) is 0 Å². The van der Waals surface area contributed by atoms with Gasteiger partial charge in [-0.05, 0) is 25.1 Å². The normalized spacial score (nSPS) is 20.1. The number of hydrogen-bond donors (Lipinski definition) is 1. The number of rotatable bonds is 4. The maximum Gasteiger partial charge on any atom is 0.0492 e. The van der Waals surface area contributed by atoms with E-state index in [-0.39, 0.29) is 0 Å². The molecule has 2 heteroatoms. The summed E-state index contributed by atoms with van der Waals surface area (Å²) in [7, 11) is 0.942. The van der Waals surface area contributed by atoms with Gasteiger partial charge in [-0.2, -0.15) is 0 Å². The smallest absolute Gasteiger partial charge is 0.0492 e. The van der Waals surface area contributed by atoms with Crippen molar-refractivity contribution < 1.29 is 0 Å². The summed E-state index contributed by atoms with van der Waals surface area (Å²) in [4.78, 5) is 0. The van der Waals surface area contributed by atoms with Crippen molar-refractivity contribution in [2.24, 2.45) is 0 Å². The molecule has 1 aromatic rings. The zero-order valence-corrected chi connectivity index (χ0v) is 10.4. The monoisotopic (exact) mass is 221 g/mol. The molecule has 1 aliphatic carbocycles. The SMILES string of the molecule is CPC(NC1CCCC1)c1ccccc1. The van der Waals surface area contributed by atoms with Crippen molar-refractivity contribution in [3.63, 3.8) is 0 Å². The molecule has 0 bridgehead atoms. The Kier molecular flexibility index (Phi) is 4.17. The van der Waals surface area contributed by atoms with E-state index in [1.54, 1.807) is 0 Å². The zero-order valence-electron chi connectivity index (χ0n) is 9.37. The summed E-state index contributed by atoms with van der Waals surface area (Å²) in [6, 6.07) is 11.6. The lowest BCUT2D eigenvalue weighted by Gasteiger charge is -2.22. The van der Waals surface area contributed by atoms with E-state index in [0.29, 0.717) is 5.78 Å². The van der Waals surface area contributed by atoms with E-state index in [2.05, 4.69) is 42.3 Å². The highest BCUT2D eigenvalue weighted by Gasteiger charge is 2.18. The first kappa shape index (κ1) is 11.1. The molecular weight excluding hydrogens is 201 g/mol. The van der Waals surface area contributed by atoms with Crippen LogP contribution >= 0.6 is 8.58 Å². The molecule has 0 aliphatic heterocycles. The van der Waals surface area contributed by atoms with Gasteiger partial charge in [0.15, 0.2) is 0 Å². The van der Waals surface area contributed by atoms with E-state index >= 15 is 0 Å². The van der Waals surface area contributed by atoms with E-state index in [4.69, 9.17) is 0 Å². The largest absolute Gasteiger partial charge is 0.304 e. The lowest BCUT2D eigenvalue weighted by molar-refractivity contribution is 0.515. The van der Waals surface area contributed by atoms with E-state index in [9.17, 15) is 0 Å². The topological polar surface area (TPSA) is 12.0 Å². The zero-order chi connectivity index (χ0) is 10.5. The van der Waals surface area contributed by atoms with Gasteiger partial charge in [-0.15, -0.1) is 8.58 Å². The molecule has 1 saturated carbocycles. The maximum absolute atomic E-state index is 3.79. The maximum atomic E-state index is 3.79. The van der Waals surface area contributed by atoms with Crippen molar-refractivity contribution in [2.45, 2.75) is 37.5 Å². The van der Waals surface area contributed by atoms with Crippen LogP contribution in [0.25, 0.3) is 0 Å². The molecule has 1 N–H and O–H groups in total. The van der Waals surface area contributed by atoms with Crippen LogP contribution in [0, 0.1) is 0 Å². The standard InChI is InChI=1S/C13H20NP/c1-15-13(11-7-3-2-4-8-11)14-12-9-5-6-10-12/h2-4,7-8,12-15H,5-6,9-10H2,1H3. The second-order valence-electron chi connectivity index (χ2n) is 4.28. The van der Waals surface area contributed by atoms with Crippen LogP contribution in [-0.4, -0.2) is 12.7 Å². The van der Waals surface area contributed by atoms with E-state index in [1.807, 2.05) is 0 Å². The summed E-state index contributed by atoms with van der Waals surface area (Å²) in [6.07, 6.45) is 5.56. The summed E-state index contributed by atoms with van der Waals surface area (Å²) >= 11 is 0. The molecule has 2 atom stereocenters. The Labute approximate surface area is 94.4 Å². The van der Waals surface area contributed by atoms with Crippen LogP contribution in [0.1, 0.15) is 37.0 Å². The van der Waals surface area contributed by atoms with Crippen LogP contribution in [0.3, 0.4) is 0 Å². The average molecular weight is 221 g/mol. The van der Waals surface area contributed by atoms with Crippen molar-refractivity contribution >= 4 is 8.58 Å². The summed E-state index contributed by atoms with van der Waals surface area (Å²) in [5.41, 5.74) is 1.45. The van der Waals surface area contributed by atoms with Crippen LogP contribution in [-0.2, 0) is 0 Å². The molecule has 0 amide bonds. The molecule has 2 rings (SSSR count). The van der Waals surface area contributed by atoms with Gasteiger partial charge in [-0.3, -0.25) is 0 Å². The van der Waals surface area contributed by atoms with E-state index in [0.717, 1.165) is 14.6 Å². The fraction of sp³-hybridized carbons (Fsp3) is 0.538. The molecule has 1 nitrogen and oxygen atoms in total. The summed E-state index contributed by atoms with van der Waals surface area (Å²) in [6.45, 7) is 2.29. The van der Waals surface area contributed by atoms with Crippen LogP contribution in [0.2, 0.25) is 0 Å². The summed E-state index contributed by atoms with van der Waals surface area (Å²) in [5, 5.41) is 3.79. The molecular formula is C13H20NP. The van der Waals surface area contributed by atoms with E-state index in [1.165, 1.54) is 31.2 Å². The predicted molar refractivity (Wildman–Crippen MR) is 68.8 cm³/mol. The van der Waals surface area contributed by atoms with Crippen molar-refractivity contribution in [1.82, 2.24) is 5.32 Å². The first-order valence-electron chi connectivity index (χ1n) is 5.88. The molecule has 2 unspecified atom stereocenters. The lowest BCUT2D eigenvalue weighted by atomic mass is 10.2. The third-order valence-electron chi connectivity index (χ3n) is 3.18. The fourth-order valence-corrected chi connectivity index (χ4v) is 3.25. The lowest BCUT2D eigenvalue weighted by Crippen LogP contribution is -2.28. The minimum absolute atomic E-state index is 0.578. The Morgan fingerprint density at radius 2 is 1.87 bits per heavy atom. The summed E-state index contributed by atoms with van der Waals surface area (Å²) in [5.74, 6) is 0.578. The Morgan fingerprint density at radius 1 is 1.20 bits per heavy atom. The fourth-order valence-electron chi connectivity index (χ4n) is 2.32. The van der Waals surface area contributed by atoms with E-state index < -0.39 is 0 Å². The highest BCUT2D eigenvalue weighted by Crippen LogP contribution is 2.31. The Hall–Kier alpha value is -0.390. The second kappa shape index (κ2) is 5.63. The Balaban J connectivity index is 1.97. The van der Waals surface area contributed by atoms with Gasteiger partial charge in [0.05, 0.1) is 0 Å². The van der Waals surface area contributed by atoms with Gasteiger partial charge in [0.2, 0.25) is 0 Å². The predicted octanol–water partition coefficient (Wildman–Crippen LogP) is 3.53. The highest BCUT2D eigenvalue weighted by molar-refractivity contribution is 7.37. The Bertz CT molecular complexity index is 280. The first-order chi connectivity index (χ1) is 7.40. The third-order valence-corrected chi connectivity index (χ3v) is 4.26.